The van der Waals surface area contributed by atoms with E-state index in [1.807, 2.05) is 0 Å². The Morgan fingerprint density at radius 1 is 1.50 bits per heavy atom. The molecule has 1 aliphatic heterocycles. The Morgan fingerprint density at radius 3 is 2.92 bits per heavy atom. The summed E-state index contributed by atoms with van der Waals surface area (Å²) < 4.78 is 0. The lowest BCUT2D eigenvalue weighted by Gasteiger charge is -2.27. The zero-order chi connectivity index (χ0) is 8.97. The van der Waals surface area contributed by atoms with Crippen molar-refractivity contribution >= 4 is 0 Å². The van der Waals surface area contributed by atoms with Gasteiger partial charge in [0.2, 0.25) is 0 Å². The molecule has 0 aromatic rings. The average Bonchev–Trinajstić information content (AvgIpc) is 2.16. The molecule has 1 heterocycles. The van der Waals surface area contributed by atoms with Gasteiger partial charge in [0.1, 0.15) is 0 Å². The van der Waals surface area contributed by atoms with Gasteiger partial charge in [0, 0.05) is 25.7 Å². The van der Waals surface area contributed by atoms with Crippen LogP contribution in [0.15, 0.2) is 0 Å². The van der Waals surface area contributed by atoms with Gasteiger partial charge in [0.05, 0.1) is 0 Å². The average molecular weight is 170 g/mol. The molecule has 0 spiro atoms. The van der Waals surface area contributed by atoms with Crippen LogP contribution < -0.4 is 5.32 Å². The molecule has 0 aromatic carbocycles. The van der Waals surface area contributed by atoms with Crippen molar-refractivity contribution in [2.75, 3.05) is 47.3 Å². The smallest absolute Gasteiger partial charge is 0.0361 e. The minimum Gasteiger partial charge on any atom is -0.308 e. The lowest BCUT2D eigenvalue weighted by atomic mass is 10.2. The fourth-order valence-corrected chi connectivity index (χ4v) is 1.61. The lowest BCUT2D eigenvalue weighted by Crippen LogP contribution is -2.42. The zero-order valence-electron chi connectivity index (χ0n) is 8.45. The highest BCUT2D eigenvalue weighted by Crippen LogP contribution is 2.02. The molecule has 0 saturated carbocycles. The summed E-state index contributed by atoms with van der Waals surface area (Å²) in [5.41, 5.74) is 0. The first kappa shape index (κ1) is 9.96. The Hall–Kier alpha value is -0.120. The first-order valence-corrected chi connectivity index (χ1v) is 4.68. The molecule has 0 bridgehead atoms. The maximum Gasteiger partial charge on any atom is 0.0361 e. The maximum atomic E-state index is 4.49. The van der Waals surface area contributed by atoms with Gasteiger partial charge in [-0.25, -0.2) is 5.32 Å². The normalized spacial score (nSPS) is 27.5. The summed E-state index contributed by atoms with van der Waals surface area (Å²) in [5.74, 6) is 0. The largest absolute Gasteiger partial charge is 0.308 e. The van der Waals surface area contributed by atoms with Gasteiger partial charge in [-0.2, -0.15) is 0 Å². The highest BCUT2D eigenvalue weighted by atomic mass is 15.2. The van der Waals surface area contributed by atoms with Crippen LogP contribution in [0.1, 0.15) is 6.42 Å². The van der Waals surface area contributed by atoms with E-state index in [9.17, 15) is 0 Å². The van der Waals surface area contributed by atoms with Crippen molar-refractivity contribution in [2.24, 2.45) is 0 Å². The van der Waals surface area contributed by atoms with Gasteiger partial charge in [0.25, 0.3) is 0 Å². The van der Waals surface area contributed by atoms with Crippen molar-refractivity contribution in [1.82, 2.24) is 15.1 Å². The van der Waals surface area contributed by atoms with E-state index < -0.39 is 0 Å². The highest BCUT2D eigenvalue weighted by molar-refractivity contribution is 4.76. The molecule has 3 heteroatoms. The lowest BCUT2D eigenvalue weighted by molar-refractivity contribution is 0.206. The third kappa shape index (κ3) is 3.09. The van der Waals surface area contributed by atoms with Crippen LogP contribution >= 0.6 is 0 Å². The van der Waals surface area contributed by atoms with E-state index >= 15 is 0 Å². The van der Waals surface area contributed by atoms with Crippen LogP contribution in [0, 0.1) is 0 Å². The Bertz CT molecular complexity index is 125. The number of nitrogens with zero attached hydrogens (tertiary/aromatic N) is 3. The van der Waals surface area contributed by atoms with Gasteiger partial charge in [-0.3, -0.25) is 0 Å². The standard InChI is InChI=1S/C9H20N3/c1-11(2)8-9-7-10-5-4-6-12(9)3/h9H,4-8H2,1-3H3. The number of hydrogen-bond donors (Lipinski definition) is 0. The third-order valence-electron chi connectivity index (χ3n) is 2.37. The molecule has 1 rings (SSSR count). The van der Waals surface area contributed by atoms with E-state index in [1.54, 1.807) is 0 Å². The van der Waals surface area contributed by atoms with Crippen molar-refractivity contribution in [3.8, 4) is 0 Å². The van der Waals surface area contributed by atoms with Gasteiger partial charge in [-0.15, -0.1) is 0 Å². The minimum atomic E-state index is 0.627. The summed E-state index contributed by atoms with van der Waals surface area (Å²) in [7, 11) is 6.45. The van der Waals surface area contributed by atoms with Gasteiger partial charge in [-0.05, 0) is 34.1 Å². The summed E-state index contributed by atoms with van der Waals surface area (Å²) in [6, 6.07) is 0.627. The molecular weight excluding hydrogens is 150 g/mol. The van der Waals surface area contributed by atoms with Crippen LogP contribution in [0.25, 0.3) is 0 Å². The minimum absolute atomic E-state index is 0.627. The quantitative estimate of drug-likeness (QED) is 0.575. The molecule has 71 valence electrons. The van der Waals surface area contributed by atoms with Crippen molar-refractivity contribution in [1.29, 1.82) is 0 Å². The first-order chi connectivity index (χ1) is 5.70. The number of likely N-dealkylation sites (N-methyl/N-ethyl adjacent to an activating group) is 2. The topological polar surface area (TPSA) is 20.6 Å². The first-order valence-electron chi connectivity index (χ1n) is 4.68. The van der Waals surface area contributed by atoms with Gasteiger partial charge >= 0.3 is 0 Å². The van der Waals surface area contributed by atoms with Crippen LogP contribution in [-0.4, -0.2) is 63.2 Å². The molecule has 0 N–H and O–H groups in total. The van der Waals surface area contributed by atoms with E-state index in [0.717, 1.165) is 19.6 Å². The predicted molar refractivity (Wildman–Crippen MR) is 51.5 cm³/mol. The molecule has 12 heavy (non-hydrogen) atoms. The number of hydrogen-bond acceptors (Lipinski definition) is 2. The SMILES string of the molecule is CN(C)CC1C[N]CCCN1C. The van der Waals surface area contributed by atoms with Crippen LogP contribution in [-0.2, 0) is 0 Å². The molecule has 1 saturated heterocycles. The second-order valence-corrected chi connectivity index (χ2v) is 3.88. The molecule has 1 atom stereocenters. The number of rotatable bonds is 2. The summed E-state index contributed by atoms with van der Waals surface area (Å²) in [6.45, 7) is 4.38. The summed E-state index contributed by atoms with van der Waals surface area (Å²) in [6.07, 6.45) is 1.22. The fraction of sp³-hybridized carbons (Fsp3) is 1.00. The molecule has 1 unspecified atom stereocenters. The summed E-state index contributed by atoms with van der Waals surface area (Å²) in [5, 5.41) is 4.49. The third-order valence-corrected chi connectivity index (χ3v) is 2.37. The fourth-order valence-electron chi connectivity index (χ4n) is 1.61. The molecule has 3 nitrogen and oxygen atoms in total. The van der Waals surface area contributed by atoms with Gasteiger partial charge in [0.15, 0.2) is 0 Å². The van der Waals surface area contributed by atoms with Crippen molar-refractivity contribution in [2.45, 2.75) is 12.5 Å². The molecule has 1 radical (unpaired) electrons. The van der Waals surface area contributed by atoms with Crippen LogP contribution in [0.2, 0.25) is 0 Å². The summed E-state index contributed by atoms with van der Waals surface area (Å²) in [4.78, 5) is 4.67. The maximum absolute atomic E-state index is 4.49. The Morgan fingerprint density at radius 2 is 2.25 bits per heavy atom. The second-order valence-electron chi connectivity index (χ2n) is 3.88. The van der Waals surface area contributed by atoms with Crippen LogP contribution in [0.5, 0.6) is 0 Å². The van der Waals surface area contributed by atoms with Crippen molar-refractivity contribution < 1.29 is 0 Å². The molecule has 0 aliphatic carbocycles. The van der Waals surface area contributed by atoms with Crippen LogP contribution in [0.4, 0.5) is 0 Å². The Kier molecular flexibility index (Phi) is 3.98. The molecular formula is C9H20N3. The molecule has 0 aromatic heterocycles. The van der Waals surface area contributed by atoms with Gasteiger partial charge in [-0.1, -0.05) is 0 Å². The molecule has 0 amide bonds. The van der Waals surface area contributed by atoms with Gasteiger partial charge < -0.3 is 9.80 Å². The molecule has 1 aliphatic rings. The Labute approximate surface area is 75.7 Å². The predicted octanol–water partition coefficient (Wildman–Crippen LogP) is -0.143. The monoisotopic (exact) mass is 170 g/mol. The summed E-state index contributed by atoms with van der Waals surface area (Å²) >= 11 is 0. The van der Waals surface area contributed by atoms with E-state index in [1.165, 1.54) is 13.0 Å². The second kappa shape index (κ2) is 4.80. The van der Waals surface area contributed by atoms with E-state index in [4.69, 9.17) is 0 Å². The van der Waals surface area contributed by atoms with E-state index in [2.05, 4.69) is 36.3 Å². The zero-order valence-corrected chi connectivity index (χ0v) is 8.45. The van der Waals surface area contributed by atoms with E-state index in [0.29, 0.717) is 6.04 Å². The van der Waals surface area contributed by atoms with Crippen molar-refractivity contribution in [3.63, 3.8) is 0 Å². The van der Waals surface area contributed by atoms with Crippen molar-refractivity contribution in [3.05, 3.63) is 0 Å². The Balaban J connectivity index is 2.36. The highest BCUT2D eigenvalue weighted by Gasteiger charge is 2.17. The molecule has 1 fully saturated rings. The van der Waals surface area contributed by atoms with E-state index in [-0.39, 0.29) is 0 Å². The van der Waals surface area contributed by atoms with Crippen LogP contribution in [0.3, 0.4) is 0 Å².